The molecule has 3 aromatic rings. The van der Waals surface area contributed by atoms with Gasteiger partial charge in [0, 0.05) is 29.3 Å². The predicted octanol–water partition coefficient (Wildman–Crippen LogP) is 5.33. The minimum absolute atomic E-state index is 0.0633. The number of aromatic nitrogens is 1. The van der Waals surface area contributed by atoms with Crippen molar-refractivity contribution in [3.05, 3.63) is 48.2 Å². The molecule has 0 bridgehead atoms. The van der Waals surface area contributed by atoms with Gasteiger partial charge in [-0.25, -0.2) is 4.98 Å². The molecule has 0 radical (unpaired) electrons. The van der Waals surface area contributed by atoms with Crippen LogP contribution < -0.4 is 10.5 Å². The van der Waals surface area contributed by atoms with E-state index >= 15 is 0 Å². The van der Waals surface area contributed by atoms with E-state index in [-0.39, 0.29) is 6.04 Å². The maximum atomic E-state index is 6.31. The fourth-order valence-electron chi connectivity index (χ4n) is 2.65. The van der Waals surface area contributed by atoms with Gasteiger partial charge < -0.3 is 14.9 Å². The Morgan fingerprint density at radius 2 is 1.96 bits per heavy atom. The number of hydrogen-bond donors (Lipinski definition) is 1. The van der Waals surface area contributed by atoms with Crippen LogP contribution in [0.1, 0.15) is 45.2 Å². The van der Waals surface area contributed by atoms with Crippen molar-refractivity contribution in [3.63, 3.8) is 0 Å². The maximum Gasteiger partial charge on any atom is 0.213 e. The van der Waals surface area contributed by atoms with E-state index in [1.165, 1.54) is 0 Å². The molecule has 0 amide bonds. The van der Waals surface area contributed by atoms with E-state index < -0.39 is 0 Å². The Balaban J connectivity index is 0.00000100. The Bertz CT molecular complexity index is 747. The zero-order valence-corrected chi connectivity index (χ0v) is 14.9. The van der Waals surface area contributed by atoms with E-state index in [1.807, 2.05) is 50.2 Å². The molecular formula is C20H26N2O2. The first-order chi connectivity index (χ1) is 11.7. The van der Waals surface area contributed by atoms with E-state index in [2.05, 4.69) is 11.9 Å². The van der Waals surface area contributed by atoms with Gasteiger partial charge in [0.1, 0.15) is 11.3 Å². The Morgan fingerprint density at radius 1 is 1.21 bits per heavy atom. The molecule has 128 valence electrons. The van der Waals surface area contributed by atoms with Crippen LogP contribution >= 0.6 is 0 Å². The Kier molecular flexibility index (Phi) is 6.38. The average molecular weight is 326 g/mol. The van der Waals surface area contributed by atoms with Crippen LogP contribution in [0.15, 0.2) is 47.0 Å². The fraction of sp³-hybridized carbons (Fsp3) is 0.350. The van der Waals surface area contributed by atoms with Crippen LogP contribution in [0.25, 0.3) is 22.3 Å². The second-order valence-corrected chi connectivity index (χ2v) is 5.36. The molecule has 3 rings (SSSR count). The highest BCUT2D eigenvalue weighted by atomic mass is 16.5. The molecule has 1 aromatic carbocycles. The fourth-order valence-corrected chi connectivity index (χ4v) is 2.65. The van der Waals surface area contributed by atoms with Crippen LogP contribution in [0.4, 0.5) is 0 Å². The lowest BCUT2D eigenvalue weighted by Crippen LogP contribution is -2.11. The van der Waals surface area contributed by atoms with E-state index in [4.69, 9.17) is 14.9 Å². The van der Waals surface area contributed by atoms with Crippen molar-refractivity contribution < 1.29 is 9.15 Å². The summed E-state index contributed by atoms with van der Waals surface area (Å²) in [7, 11) is 1.61. The SMILES string of the molecule is CC.CCC[C@H](N)c1cnc(OC)cc1-c1cc2ccccc2o1. The highest BCUT2D eigenvalue weighted by Gasteiger charge is 2.17. The minimum Gasteiger partial charge on any atom is -0.481 e. The standard InChI is InChI=1S/C18H20N2O2.C2H6/c1-3-6-15(19)14-11-20-18(21-2)10-13(14)17-9-12-7-4-5-8-16(12)22-17;1-2/h4-5,7-11,15H,3,6,19H2,1-2H3;1-2H3/t15-;/m0./s1. The average Bonchev–Trinajstić information content (AvgIpc) is 3.07. The van der Waals surface area contributed by atoms with E-state index in [9.17, 15) is 0 Å². The maximum absolute atomic E-state index is 6.31. The van der Waals surface area contributed by atoms with Gasteiger partial charge in [0.25, 0.3) is 0 Å². The Labute approximate surface area is 143 Å². The van der Waals surface area contributed by atoms with Gasteiger partial charge in [-0.3, -0.25) is 0 Å². The molecule has 4 heteroatoms. The highest BCUT2D eigenvalue weighted by Crippen LogP contribution is 2.34. The molecule has 0 fully saturated rings. The number of fused-ring (bicyclic) bond motifs is 1. The van der Waals surface area contributed by atoms with Crippen LogP contribution in [-0.2, 0) is 0 Å². The minimum atomic E-state index is -0.0633. The topological polar surface area (TPSA) is 61.3 Å². The van der Waals surface area contributed by atoms with Crippen molar-refractivity contribution in [2.75, 3.05) is 7.11 Å². The summed E-state index contributed by atoms with van der Waals surface area (Å²) in [6.07, 6.45) is 3.72. The highest BCUT2D eigenvalue weighted by molar-refractivity contribution is 5.83. The molecule has 0 spiro atoms. The number of benzene rings is 1. The van der Waals surface area contributed by atoms with Crippen LogP contribution in [0.5, 0.6) is 5.88 Å². The lowest BCUT2D eigenvalue weighted by atomic mass is 9.98. The van der Waals surface area contributed by atoms with Gasteiger partial charge >= 0.3 is 0 Å². The number of para-hydroxylation sites is 1. The molecule has 2 N–H and O–H groups in total. The quantitative estimate of drug-likeness (QED) is 0.688. The molecule has 0 aliphatic heterocycles. The Hall–Kier alpha value is -2.33. The summed E-state index contributed by atoms with van der Waals surface area (Å²) >= 11 is 0. The predicted molar refractivity (Wildman–Crippen MR) is 99.2 cm³/mol. The third kappa shape index (κ3) is 3.77. The van der Waals surface area contributed by atoms with E-state index in [1.54, 1.807) is 13.3 Å². The third-order valence-corrected chi connectivity index (χ3v) is 3.81. The number of nitrogens with two attached hydrogens (primary N) is 1. The molecule has 4 nitrogen and oxygen atoms in total. The third-order valence-electron chi connectivity index (χ3n) is 3.81. The van der Waals surface area contributed by atoms with Gasteiger partial charge in [-0.1, -0.05) is 45.4 Å². The van der Waals surface area contributed by atoms with Gasteiger partial charge in [0.2, 0.25) is 5.88 Å². The zero-order valence-electron chi connectivity index (χ0n) is 14.9. The molecule has 0 saturated carbocycles. The van der Waals surface area contributed by atoms with Crippen molar-refractivity contribution in [2.24, 2.45) is 5.73 Å². The van der Waals surface area contributed by atoms with Crippen LogP contribution in [-0.4, -0.2) is 12.1 Å². The number of ether oxygens (including phenoxy) is 1. The molecule has 2 heterocycles. The summed E-state index contributed by atoms with van der Waals surface area (Å²) in [5.41, 5.74) is 9.11. The lowest BCUT2D eigenvalue weighted by Gasteiger charge is -2.15. The van der Waals surface area contributed by atoms with Crippen LogP contribution in [0, 0.1) is 0 Å². The lowest BCUT2D eigenvalue weighted by molar-refractivity contribution is 0.397. The number of nitrogens with zero attached hydrogens (tertiary/aromatic N) is 1. The molecule has 0 aliphatic rings. The molecule has 0 aliphatic carbocycles. The van der Waals surface area contributed by atoms with E-state index in [0.717, 1.165) is 40.7 Å². The van der Waals surface area contributed by atoms with Crippen molar-refractivity contribution in [1.29, 1.82) is 0 Å². The number of rotatable bonds is 5. The van der Waals surface area contributed by atoms with Gasteiger partial charge in [0.05, 0.1) is 7.11 Å². The largest absolute Gasteiger partial charge is 0.481 e. The second-order valence-electron chi connectivity index (χ2n) is 5.36. The summed E-state index contributed by atoms with van der Waals surface area (Å²) in [6, 6.07) is 11.8. The van der Waals surface area contributed by atoms with Gasteiger partial charge in [-0.2, -0.15) is 0 Å². The van der Waals surface area contributed by atoms with Gasteiger partial charge in [0.15, 0.2) is 0 Å². The molecule has 0 saturated heterocycles. The second kappa shape index (κ2) is 8.50. The Morgan fingerprint density at radius 3 is 2.62 bits per heavy atom. The first-order valence-corrected chi connectivity index (χ1v) is 8.51. The van der Waals surface area contributed by atoms with Gasteiger partial charge in [-0.15, -0.1) is 0 Å². The van der Waals surface area contributed by atoms with Crippen molar-refractivity contribution >= 4 is 11.0 Å². The number of hydrogen-bond acceptors (Lipinski definition) is 4. The first kappa shape index (κ1) is 18.0. The zero-order chi connectivity index (χ0) is 17.5. The molecule has 24 heavy (non-hydrogen) atoms. The summed E-state index contributed by atoms with van der Waals surface area (Å²) in [5, 5.41) is 1.07. The first-order valence-electron chi connectivity index (χ1n) is 8.51. The number of furan rings is 1. The summed E-state index contributed by atoms with van der Waals surface area (Å²) in [4.78, 5) is 4.30. The van der Waals surface area contributed by atoms with Crippen LogP contribution in [0.3, 0.4) is 0 Å². The monoisotopic (exact) mass is 326 g/mol. The molecule has 0 unspecified atom stereocenters. The van der Waals surface area contributed by atoms with E-state index in [0.29, 0.717) is 5.88 Å². The van der Waals surface area contributed by atoms with Crippen molar-refractivity contribution in [1.82, 2.24) is 4.98 Å². The molecule has 1 atom stereocenters. The number of methoxy groups -OCH3 is 1. The van der Waals surface area contributed by atoms with Gasteiger partial charge in [-0.05, 0) is 24.1 Å². The summed E-state index contributed by atoms with van der Waals surface area (Å²) in [5.74, 6) is 1.35. The molecule has 2 aromatic heterocycles. The normalized spacial score (nSPS) is 11.7. The number of pyridine rings is 1. The smallest absolute Gasteiger partial charge is 0.213 e. The van der Waals surface area contributed by atoms with Crippen molar-refractivity contribution in [2.45, 2.75) is 39.7 Å². The summed E-state index contributed by atoms with van der Waals surface area (Å²) < 4.78 is 11.2. The van der Waals surface area contributed by atoms with Crippen molar-refractivity contribution in [3.8, 4) is 17.2 Å². The molecular weight excluding hydrogens is 300 g/mol. The summed E-state index contributed by atoms with van der Waals surface area (Å²) in [6.45, 7) is 6.12. The van der Waals surface area contributed by atoms with Crippen LogP contribution in [0.2, 0.25) is 0 Å².